The fourth-order valence-electron chi connectivity index (χ4n) is 5.80. The van der Waals surface area contributed by atoms with Crippen LogP contribution in [0.5, 0.6) is 5.75 Å². The highest BCUT2D eigenvalue weighted by Gasteiger charge is 2.48. The molecule has 2 fully saturated rings. The van der Waals surface area contributed by atoms with E-state index in [4.69, 9.17) is 24.0 Å². The van der Waals surface area contributed by atoms with Crippen molar-refractivity contribution in [2.75, 3.05) is 45.4 Å². The molecule has 0 saturated carbocycles. The van der Waals surface area contributed by atoms with E-state index in [1.807, 2.05) is 18.2 Å². The Balaban J connectivity index is 1.46. The molecule has 2 aliphatic rings. The molecule has 3 aromatic rings. The number of methoxy groups -OCH3 is 1. The van der Waals surface area contributed by atoms with Gasteiger partial charge < -0.3 is 39.6 Å². The number of rotatable bonds is 11. The molecule has 12 heteroatoms. The summed E-state index contributed by atoms with van der Waals surface area (Å²) in [6, 6.07) is 5.75. The molecule has 2 unspecified atom stereocenters. The Morgan fingerprint density at radius 2 is 2.02 bits per heavy atom. The van der Waals surface area contributed by atoms with Crippen molar-refractivity contribution >= 4 is 33.8 Å². The van der Waals surface area contributed by atoms with Crippen LogP contribution in [0.4, 0.5) is 5.00 Å². The number of hydrogen-bond donors (Lipinski definition) is 4. The van der Waals surface area contributed by atoms with Crippen molar-refractivity contribution in [3.63, 3.8) is 0 Å². The second kappa shape index (κ2) is 12.7. The number of aliphatic hydroxyl groups is 1. The fourth-order valence-corrected chi connectivity index (χ4v) is 6.97. The average molecular weight is 598 g/mol. The Labute approximate surface area is 247 Å². The van der Waals surface area contributed by atoms with Crippen LogP contribution in [0, 0.1) is 17.7 Å². The summed E-state index contributed by atoms with van der Waals surface area (Å²) < 4.78 is 22.2. The van der Waals surface area contributed by atoms with Gasteiger partial charge in [0.2, 0.25) is 11.7 Å². The molecule has 0 bridgehead atoms. The number of thiophene rings is 1. The Hall–Kier alpha value is -3.58. The molecule has 2 saturated heterocycles. The standard InChI is InChI=1S/C30H35N3O8S/c1-17-23(24(35)26(31)30(29(36)37)8-13-39-14-9-30)28(42-25(17)27-32-11-15-41-27)33-10-6-19-18(4-3-5-22(19)38-2)20-16-40-12-7-21(20)34/h3-5,11,15,20-21,31,33-34H,6-10,12-14,16H2,1-2H3,(H,36,37). The summed E-state index contributed by atoms with van der Waals surface area (Å²) >= 11 is 1.27. The molecular weight excluding hydrogens is 562 g/mol. The van der Waals surface area contributed by atoms with Crippen LogP contribution >= 0.6 is 11.3 Å². The maximum atomic E-state index is 13.9. The minimum absolute atomic E-state index is 0.0543. The first kappa shape index (κ1) is 29.9. The first-order valence-electron chi connectivity index (χ1n) is 13.9. The number of aliphatic carboxylic acids is 1. The largest absolute Gasteiger partial charge is 0.496 e. The number of oxazole rings is 1. The van der Waals surface area contributed by atoms with E-state index in [1.165, 1.54) is 23.8 Å². The number of carboxylic acid groups (broad SMARTS) is 1. The molecule has 0 amide bonds. The smallest absolute Gasteiger partial charge is 0.316 e. The van der Waals surface area contributed by atoms with Crippen molar-refractivity contribution in [1.82, 2.24) is 4.98 Å². The third-order valence-corrected chi connectivity index (χ3v) is 9.47. The molecule has 0 aliphatic carbocycles. The van der Waals surface area contributed by atoms with Gasteiger partial charge in [0, 0.05) is 32.3 Å². The van der Waals surface area contributed by atoms with Gasteiger partial charge in [0.15, 0.2) is 0 Å². The third-order valence-electron chi connectivity index (χ3n) is 8.23. The zero-order valence-corrected chi connectivity index (χ0v) is 24.4. The number of aliphatic hydroxyl groups excluding tert-OH is 1. The van der Waals surface area contributed by atoms with Gasteiger partial charge in [-0.15, -0.1) is 11.3 Å². The summed E-state index contributed by atoms with van der Waals surface area (Å²) in [6.07, 6.45) is 3.60. The predicted octanol–water partition coefficient (Wildman–Crippen LogP) is 4.32. The van der Waals surface area contributed by atoms with Gasteiger partial charge in [0.05, 0.1) is 42.2 Å². The van der Waals surface area contributed by atoms with Crippen LogP contribution in [-0.2, 0) is 20.7 Å². The Morgan fingerprint density at radius 3 is 2.69 bits per heavy atom. The summed E-state index contributed by atoms with van der Waals surface area (Å²) in [6.45, 7) is 3.41. The molecule has 1 aromatic carbocycles. The van der Waals surface area contributed by atoms with E-state index in [0.717, 1.165) is 11.1 Å². The van der Waals surface area contributed by atoms with Crippen molar-refractivity contribution in [2.45, 2.75) is 44.6 Å². The minimum Gasteiger partial charge on any atom is -0.496 e. The van der Waals surface area contributed by atoms with Gasteiger partial charge in [-0.3, -0.25) is 9.59 Å². The van der Waals surface area contributed by atoms with Crippen LogP contribution in [0.15, 0.2) is 35.1 Å². The van der Waals surface area contributed by atoms with Crippen LogP contribution in [0.1, 0.15) is 52.2 Å². The summed E-state index contributed by atoms with van der Waals surface area (Å²) in [7, 11) is 1.60. The Kier molecular flexibility index (Phi) is 9.07. The van der Waals surface area contributed by atoms with E-state index in [1.54, 1.807) is 14.0 Å². The molecule has 11 nitrogen and oxygen atoms in total. The molecule has 224 valence electrons. The molecule has 2 atom stereocenters. The Bertz CT molecular complexity index is 1440. The highest BCUT2D eigenvalue weighted by molar-refractivity contribution is 7.20. The number of carbonyl (C=O) groups is 2. The SMILES string of the molecule is COc1cccc(C2COCCC2O)c1CCNc1sc(-c2ncco2)c(C)c1C(=O)C(=N)C1(C(=O)O)CCOCC1. The highest BCUT2D eigenvalue weighted by atomic mass is 32.1. The normalized spacial score (nSPS) is 20.2. The number of carbonyl (C=O) groups excluding carboxylic acids is 1. The number of carboxylic acids is 1. The summed E-state index contributed by atoms with van der Waals surface area (Å²) in [5, 5.41) is 33.5. The van der Waals surface area contributed by atoms with E-state index in [-0.39, 0.29) is 37.5 Å². The number of nitrogens with one attached hydrogen (secondary N) is 2. The van der Waals surface area contributed by atoms with Gasteiger partial charge in [-0.1, -0.05) is 12.1 Å². The second-order valence-corrected chi connectivity index (χ2v) is 11.6. The first-order valence-corrected chi connectivity index (χ1v) is 14.7. The topological polar surface area (TPSA) is 164 Å². The number of nitrogens with zero attached hydrogens (tertiary/aromatic N) is 1. The third kappa shape index (κ3) is 5.59. The average Bonchev–Trinajstić information content (AvgIpc) is 3.65. The summed E-state index contributed by atoms with van der Waals surface area (Å²) in [5.41, 5.74) is 0.608. The number of aromatic nitrogens is 1. The van der Waals surface area contributed by atoms with E-state index < -0.39 is 29.0 Å². The second-order valence-electron chi connectivity index (χ2n) is 10.5. The lowest BCUT2D eigenvalue weighted by Gasteiger charge is -2.33. The van der Waals surface area contributed by atoms with Crippen LogP contribution < -0.4 is 10.1 Å². The zero-order valence-electron chi connectivity index (χ0n) is 23.6. The van der Waals surface area contributed by atoms with Gasteiger partial charge in [-0.05, 0) is 55.4 Å². The van der Waals surface area contributed by atoms with Gasteiger partial charge in [-0.25, -0.2) is 4.98 Å². The van der Waals surface area contributed by atoms with E-state index in [9.17, 15) is 19.8 Å². The predicted molar refractivity (Wildman–Crippen MR) is 156 cm³/mol. The van der Waals surface area contributed by atoms with Crippen LogP contribution in [-0.4, -0.2) is 78.8 Å². The van der Waals surface area contributed by atoms with Gasteiger partial charge in [-0.2, -0.15) is 0 Å². The summed E-state index contributed by atoms with van der Waals surface area (Å²) in [4.78, 5) is 31.2. The van der Waals surface area contributed by atoms with Crippen LogP contribution in [0.25, 0.3) is 10.8 Å². The van der Waals surface area contributed by atoms with Crippen LogP contribution in [0.2, 0.25) is 0 Å². The van der Waals surface area contributed by atoms with Crippen molar-refractivity contribution in [3.05, 3.63) is 52.9 Å². The lowest BCUT2D eigenvalue weighted by atomic mass is 9.73. The molecule has 2 aliphatic heterocycles. The zero-order chi connectivity index (χ0) is 29.9. The van der Waals surface area contributed by atoms with Gasteiger partial charge >= 0.3 is 5.97 Å². The number of anilines is 1. The molecule has 2 aromatic heterocycles. The minimum atomic E-state index is -1.61. The first-order chi connectivity index (χ1) is 20.3. The maximum absolute atomic E-state index is 13.9. The fraction of sp³-hybridized carbons (Fsp3) is 0.467. The summed E-state index contributed by atoms with van der Waals surface area (Å²) in [5.74, 6) is -1.00. The van der Waals surface area contributed by atoms with Crippen LogP contribution in [0.3, 0.4) is 0 Å². The molecule has 0 radical (unpaired) electrons. The van der Waals surface area contributed by atoms with Crippen molar-refractivity contribution in [2.24, 2.45) is 5.41 Å². The number of Topliss-reactive ketones (excluding diaryl/α,β-unsaturated/α-hetero) is 1. The number of benzene rings is 1. The number of ketones is 1. The van der Waals surface area contributed by atoms with Gasteiger partial charge in [0.25, 0.3) is 0 Å². The highest BCUT2D eigenvalue weighted by Crippen LogP contribution is 2.42. The molecule has 4 heterocycles. The monoisotopic (exact) mass is 597 g/mol. The van der Waals surface area contributed by atoms with Gasteiger partial charge in [0.1, 0.15) is 22.4 Å². The van der Waals surface area contributed by atoms with Crippen molar-refractivity contribution in [3.8, 4) is 16.5 Å². The molecular formula is C30H35N3O8S. The number of ether oxygens (including phenoxy) is 3. The Morgan fingerprint density at radius 1 is 1.24 bits per heavy atom. The van der Waals surface area contributed by atoms with E-state index in [0.29, 0.717) is 59.7 Å². The lowest BCUT2D eigenvalue weighted by molar-refractivity contribution is -0.149. The van der Waals surface area contributed by atoms with Crippen molar-refractivity contribution in [1.29, 1.82) is 5.41 Å². The van der Waals surface area contributed by atoms with E-state index >= 15 is 0 Å². The van der Waals surface area contributed by atoms with Crippen molar-refractivity contribution < 1.29 is 38.4 Å². The maximum Gasteiger partial charge on any atom is 0.316 e. The number of hydrogen-bond acceptors (Lipinski definition) is 11. The molecule has 4 N–H and O–H groups in total. The lowest BCUT2D eigenvalue weighted by Crippen LogP contribution is -2.47. The molecule has 0 spiro atoms. The molecule has 42 heavy (non-hydrogen) atoms. The quantitative estimate of drug-likeness (QED) is 0.185. The van der Waals surface area contributed by atoms with E-state index in [2.05, 4.69) is 10.3 Å². The molecule has 5 rings (SSSR count).